The first-order chi connectivity index (χ1) is 9.13. The van der Waals surface area contributed by atoms with Gasteiger partial charge in [-0.1, -0.05) is 18.2 Å². The Bertz CT molecular complexity index is 720. The zero-order chi connectivity index (χ0) is 13.6. The molecule has 2 amide bonds. The summed E-state index contributed by atoms with van der Waals surface area (Å²) >= 11 is 0. The van der Waals surface area contributed by atoms with Crippen molar-refractivity contribution < 1.29 is 9.59 Å². The average molecular weight is 252 g/mol. The molecule has 0 aliphatic heterocycles. The molecular formula is C15H12N2O2. The summed E-state index contributed by atoms with van der Waals surface area (Å²) in [6.07, 6.45) is 0. The lowest BCUT2D eigenvalue weighted by atomic mass is 9.94. The number of hydrogen-bond acceptors (Lipinski definition) is 2. The van der Waals surface area contributed by atoms with Crippen molar-refractivity contribution in [2.45, 2.75) is 0 Å². The molecule has 4 nitrogen and oxygen atoms in total. The van der Waals surface area contributed by atoms with E-state index in [1.807, 2.05) is 24.3 Å². The number of nitrogens with one attached hydrogen (secondary N) is 1. The van der Waals surface area contributed by atoms with Crippen LogP contribution < -0.4 is 11.1 Å². The summed E-state index contributed by atoms with van der Waals surface area (Å²) < 4.78 is 0. The van der Waals surface area contributed by atoms with E-state index in [0.29, 0.717) is 11.1 Å². The Hall–Kier alpha value is -2.62. The van der Waals surface area contributed by atoms with E-state index in [0.717, 1.165) is 22.3 Å². The molecule has 0 unspecified atom stereocenters. The van der Waals surface area contributed by atoms with Crippen molar-refractivity contribution in [1.82, 2.24) is 5.32 Å². The van der Waals surface area contributed by atoms with Gasteiger partial charge in [0.15, 0.2) is 0 Å². The number of benzene rings is 2. The molecule has 0 saturated heterocycles. The topological polar surface area (TPSA) is 72.2 Å². The molecular weight excluding hydrogens is 240 g/mol. The number of hydrogen-bond donors (Lipinski definition) is 2. The predicted molar refractivity (Wildman–Crippen MR) is 72.8 cm³/mol. The van der Waals surface area contributed by atoms with Crippen LogP contribution in [0.5, 0.6) is 0 Å². The quantitative estimate of drug-likeness (QED) is 0.729. The highest BCUT2D eigenvalue weighted by Gasteiger charge is 2.26. The summed E-state index contributed by atoms with van der Waals surface area (Å²) in [6.45, 7) is 0. The standard InChI is InChI=1S/C15H12N2O2/c1-17-15(19)11-6-5-10(14(16)18)12-8-3-2-4-9(7-8)13(11)12/h2-7H,1H3,(H2,16,18)(H,17,19). The number of amides is 2. The molecule has 1 aliphatic rings. The lowest BCUT2D eigenvalue weighted by Crippen LogP contribution is -2.20. The molecule has 0 atom stereocenters. The van der Waals surface area contributed by atoms with Crippen LogP contribution in [0, 0.1) is 0 Å². The third kappa shape index (κ3) is 1.53. The Morgan fingerprint density at radius 3 is 2.16 bits per heavy atom. The van der Waals surface area contributed by atoms with Gasteiger partial charge in [-0.3, -0.25) is 9.59 Å². The highest BCUT2D eigenvalue weighted by molar-refractivity contribution is 6.13. The minimum Gasteiger partial charge on any atom is -0.366 e. The third-order valence-corrected chi connectivity index (χ3v) is 3.38. The summed E-state index contributed by atoms with van der Waals surface area (Å²) in [5.41, 5.74) is 9.83. The first-order valence-corrected chi connectivity index (χ1v) is 5.93. The van der Waals surface area contributed by atoms with E-state index in [1.165, 1.54) is 0 Å². The Labute approximate surface area is 110 Å². The Kier molecular flexibility index (Phi) is 2.38. The molecule has 0 saturated carbocycles. The van der Waals surface area contributed by atoms with E-state index in [9.17, 15) is 9.59 Å². The fraction of sp³-hybridized carbons (Fsp3) is 0.0667. The van der Waals surface area contributed by atoms with Crippen LogP contribution in [0.2, 0.25) is 0 Å². The van der Waals surface area contributed by atoms with Crippen LogP contribution >= 0.6 is 0 Å². The maximum Gasteiger partial charge on any atom is 0.251 e. The summed E-state index contributed by atoms with van der Waals surface area (Å²) in [5, 5.41) is 2.61. The van der Waals surface area contributed by atoms with Crippen molar-refractivity contribution in [3.63, 3.8) is 0 Å². The number of nitrogens with two attached hydrogens (primary N) is 1. The van der Waals surface area contributed by atoms with E-state index in [-0.39, 0.29) is 5.91 Å². The molecule has 2 aromatic carbocycles. The van der Waals surface area contributed by atoms with E-state index >= 15 is 0 Å². The zero-order valence-electron chi connectivity index (χ0n) is 10.4. The van der Waals surface area contributed by atoms with Crippen LogP contribution in [0.1, 0.15) is 20.7 Å². The average Bonchev–Trinajstić information content (AvgIpc) is 2.69. The minimum atomic E-state index is -0.484. The van der Waals surface area contributed by atoms with Gasteiger partial charge in [0.2, 0.25) is 5.91 Å². The summed E-state index contributed by atoms with van der Waals surface area (Å²) in [4.78, 5) is 23.5. The Balaban J connectivity index is 2.37. The molecule has 2 aromatic rings. The number of carbonyl (C=O) groups excluding carboxylic acids is 2. The van der Waals surface area contributed by atoms with Gasteiger partial charge in [0, 0.05) is 29.3 Å². The number of rotatable bonds is 2. The van der Waals surface area contributed by atoms with Gasteiger partial charge in [-0.05, 0) is 29.3 Å². The fourth-order valence-electron chi connectivity index (χ4n) is 2.56. The van der Waals surface area contributed by atoms with Crippen LogP contribution in [0.25, 0.3) is 22.3 Å². The molecule has 0 spiro atoms. The Morgan fingerprint density at radius 2 is 1.58 bits per heavy atom. The van der Waals surface area contributed by atoms with Crippen molar-refractivity contribution in [2.24, 2.45) is 5.73 Å². The van der Waals surface area contributed by atoms with Crippen LogP contribution in [-0.2, 0) is 0 Å². The fourth-order valence-corrected chi connectivity index (χ4v) is 2.56. The summed E-state index contributed by atoms with van der Waals surface area (Å²) in [5.74, 6) is -0.656. The zero-order valence-corrected chi connectivity index (χ0v) is 10.4. The van der Waals surface area contributed by atoms with Crippen molar-refractivity contribution in [3.8, 4) is 22.3 Å². The molecule has 19 heavy (non-hydrogen) atoms. The number of carbonyl (C=O) groups is 2. The Morgan fingerprint density at radius 1 is 1.00 bits per heavy atom. The molecule has 0 radical (unpaired) electrons. The van der Waals surface area contributed by atoms with Crippen molar-refractivity contribution in [3.05, 3.63) is 47.5 Å². The van der Waals surface area contributed by atoms with Crippen LogP contribution in [0.4, 0.5) is 0 Å². The van der Waals surface area contributed by atoms with E-state index in [1.54, 1.807) is 19.2 Å². The monoisotopic (exact) mass is 252 g/mol. The summed E-state index contributed by atoms with van der Waals surface area (Å²) in [6, 6.07) is 11.0. The van der Waals surface area contributed by atoms with E-state index in [2.05, 4.69) is 5.32 Å². The van der Waals surface area contributed by atoms with Gasteiger partial charge in [-0.15, -0.1) is 0 Å². The van der Waals surface area contributed by atoms with E-state index < -0.39 is 5.91 Å². The minimum absolute atomic E-state index is 0.172. The number of fused-ring (bicyclic) bond motifs is 5. The highest BCUT2D eigenvalue weighted by atomic mass is 16.2. The van der Waals surface area contributed by atoms with Crippen molar-refractivity contribution in [2.75, 3.05) is 7.05 Å². The SMILES string of the molecule is CNC(=O)c1ccc(C(N)=O)c2c1-c1cccc-2c1. The van der Waals surface area contributed by atoms with Gasteiger partial charge >= 0.3 is 0 Å². The smallest absolute Gasteiger partial charge is 0.251 e. The van der Waals surface area contributed by atoms with Gasteiger partial charge in [0.1, 0.15) is 0 Å². The third-order valence-electron chi connectivity index (χ3n) is 3.38. The maximum atomic E-state index is 11.9. The molecule has 3 rings (SSSR count). The molecule has 2 bridgehead atoms. The molecule has 1 aliphatic carbocycles. The van der Waals surface area contributed by atoms with Gasteiger partial charge < -0.3 is 11.1 Å². The van der Waals surface area contributed by atoms with Crippen LogP contribution in [0.15, 0.2) is 36.4 Å². The van der Waals surface area contributed by atoms with Crippen molar-refractivity contribution >= 4 is 11.8 Å². The second-order valence-electron chi connectivity index (χ2n) is 4.43. The normalized spacial score (nSPS) is 11.0. The van der Waals surface area contributed by atoms with Gasteiger partial charge in [0.05, 0.1) is 0 Å². The maximum absolute atomic E-state index is 11.9. The number of primary amides is 1. The lowest BCUT2D eigenvalue weighted by molar-refractivity contribution is 0.0960. The second-order valence-corrected chi connectivity index (χ2v) is 4.43. The lowest BCUT2D eigenvalue weighted by Gasteiger charge is -2.11. The van der Waals surface area contributed by atoms with Crippen LogP contribution in [0.3, 0.4) is 0 Å². The largest absolute Gasteiger partial charge is 0.366 e. The highest BCUT2D eigenvalue weighted by Crippen LogP contribution is 2.44. The summed E-state index contributed by atoms with van der Waals surface area (Å²) in [7, 11) is 1.58. The molecule has 3 N–H and O–H groups in total. The van der Waals surface area contributed by atoms with Crippen LogP contribution in [-0.4, -0.2) is 18.9 Å². The molecule has 94 valence electrons. The van der Waals surface area contributed by atoms with Gasteiger partial charge in [-0.25, -0.2) is 0 Å². The molecule has 4 heteroatoms. The molecule has 0 aromatic heterocycles. The van der Waals surface area contributed by atoms with Gasteiger partial charge in [-0.2, -0.15) is 0 Å². The second kappa shape index (κ2) is 3.95. The van der Waals surface area contributed by atoms with Crippen molar-refractivity contribution in [1.29, 1.82) is 0 Å². The molecule has 0 heterocycles. The first-order valence-electron chi connectivity index (χ1n) is 5.93. The van der Waals surface area contributed by atoms with E-state index in [4.69, 9.17) is 5.73 Å². The first kappa shape index (κ1) is 11.5. The molecule has 0 fully saturated rings. The predicted octanol–water partition coefficient (Wildman–Crippen LogP) is 1.79. The van der Waals surface area contributed by atoms with Gasteiger partial charge in [0.25, 0.3) is 5.91 Å².